The number of rotatable bonds is 5. The first-order valence-corrected chi connectivity index (χ1v) is 6.07. The highest BCUT2D eigenvalue weighted by Crippen LogP contribution is 2.28. The second-order valence-electron chi connectivity index (χ2n) is 4.72. The van der Waals surface area contributed by atoms with Gasteiger partial charge in [0.1, 0.15) is 0 Å². The maximum Gasteiger partial charge on any atom is 0.202 e. The summed E-state index contributed by atoms with van der Waals surface area (Å²) >= 11 is 0. The van der Waals surface area contributed by atoms with Gasteiger partial charge in [0.15, 0.2) is 0 Å². The summed E-state index contributed by atoms with van der Waals surface area (Å²) in [6.07, 6.45) is 9.01. The second kappa shape index (κ2) is 4.69. The maximum absolute atomic E-state index is 4.37. The quantitative estimate of drug-likeness (QED) is 0.804. The van der Waals surface area contributed by atoms with Gasteiger partial charge in [-0.05, 0) is 25.2 Å². The normalized spacial score (nSPS) is 24.9. The standard InChI is InChI=1S/C12H21N3/c1-3-4-6-15-7-5-13-12(15)14-11-8-10(2)9-11/h5,7,10-11H,3-4,6,8-9H2,1-2H3,(H,13,14). The smallest absolute Gasteiger partial charge is 0.202 e. The molecule has 0 bridgehead atoms. The van der Waals surface area contributed by atoms with Crippen molar-refractivity contribution in [2.24, 2.45) is 5.92 Å². The highest BCUT2D eigenvalue weighted by atomic mass is 15.2. The lowest BCUT2D eigenvalue weighted by Crippen LogP contribution is -2.34. The van der Waals surface area contributed by atoms with Crippen LogP contribution >= 0.6 is 0 Å². The van der Waals surface area contributed by atoms with Crippen molar-refractivity contribution in [2.75, 3.05) is 5.32 Å². The Bertz CT molecular complexity index is 300. The number of hydrogen-bond acceptors (Lipinski definition) is 2. The van der Waals surface area contributed by atoms with Crippen molar-refractivity contribution in [1.82, 2.24) is 9.55 Å². The van der Waals surface area contributed by atoms with E-state index in [1.165, 1.54) is 25.7 Å². The summed E-state index contributed by atoms with van der Waals surface area (Å²) in [7, 11) is 0. The van der Waals surface area contributed by atoms with Crippen LogP contribution in [0.25, 0.3) is 0 Å². The molecule has 1 heterocycles. The SMILES string of the molecule is CCCCn1ccnc1NC1CC(C)C1. The van der Waals surface area contributed by atoms with E-state index in [-0.39, 0.29) is 0 Å². The molecule has 1 aromatic heterocycles. The number of aryl methyl sites for hydroxylation is 1. The molecule has 0 atom stereocenters. The monoisotopic (exact) mass is 207 g/mol. The van der Waals surface area contributed by atoms with Crippen LogP contribution in [0.5, 0.6) is 0 Å². The molecule has 0 spiro atoms. The van der Waals surface area contributed by atoms with Crippen LogP contribution in [0.3, 0.4) is 0 Å². The zero-order valence-corrected chi connectivity index (χ0v) is 9.74. The Labute approximate surface area is 91.9 Å². The summed E-state index contributed by atoms with van der Waals surface area (Å²) in [6.45, 7) is 5.61. The molecule has 0 unspecified atom stereocenters. The van der Waals surface area contributed by atoms with E-state index in [0.29, 0.717) is 6.04 Å². The van der Waals surface area contributed by atoms with Crippen LogP contribution in [0.15, 0.2) is 12.4 Å². The fourth-order valence-electron chi connectivity index (χ4n) is 2.16. The summed E-state index contributed by atoms with van der Waals surface area (Å²) in [4.78, 5) is 4.37. The first-order chi connectivity index (χ1) is 7.29. The van der Waals surface area contributed by atoms with Gasteiger partial charge in [-0.2, -0.15) is 0 Å². The molecule has 3 heteroatoms. The zero-order chi connectivity index (χ0) is 10.7. The molecule has 0 aliphatic heterocycles. The van der Waals surface area contributed by atoms with Crippen LogP contribution in [-0.4, -0.2) is 15.6 Å². The van der Waals surface area contributed by atoms with Gasteiger partial charge in [-0.15, -0.1) is 0 Å². The van der Waals surface area contributed by atoms with Crippen molar-refractivity contribution in [3.63, 3.8) is 0 Å². The molecule has 0 saturated heterocycles. The number of unbranched alkanes of at least 4 members (excludes halogenated alkanes) is 1. The molecule has 1 aliphatic rings. The first-order valence-electron chi connectivity index (χ1n) is 6.07. The van der Waals surface area contributed by atoms with E-state index < -0.39 is 0 Å². The molecule has 84 valence electrons. The third-order valence-electron chi connectivity index (χ3n) is 3.18. The molecule has 3 nitrogen and oxygen atoms in total. The molecular formula is C12H21N3. The lowest BCUT2D eigenvalue weighted by molar-refractivity contribution is 0.307. The number of nitrogens with one attached hydrogen (secondary N) is 1. The highest BCUT2D eigenvalue weighted by molar-refractivity contribution is 5.28. The predicted molar refractivity (Wildman–Crippen MR) is 62.9 cm³/mol. The number of aromatic nitrogens is 2. The Morgan fingerprint density at radius 1 is 1.53 bits per heavy atom. The average molecular weight is 207 g/mol. The van der Waals surface area contributed by atoms with E-state index in [9.17, 15) is 0 Å². The molecule has 1 saturated carbocycles. The third-order valence-corrected chi connectivity index (χ3v) is 3.18. The lowest BCUT2D eigenvalue weighted by atomic mass is 9.82. The van der Waals surface area contributed by atoms with E-state index in [1.807, 2.05) is 6.20 Å². The van der Waals surface area contributed by atoms with Gasteiger partial charge in [0.05, 0.1) is 0 Å². The predicted octanol–water partition coefficient (Wildman–Crippen LogP) is 2.89. The van der Waals surface area contributed by atoms with E-state index in [1.54, 1.807) is 0 Å². The molecule has 0 amide bonds. The van der Waals surface area contributed by atoms with Gasteiger partial charge in [0.2, 0.25) is 5.95 Å². The Hall–Kier alpha value is -0.990. The Balaban J connectivity index is 1.87. The maximum atomic E-state index is 4.37. The molecule has 1 aromatic rings. The van der Waals surface area contributed by atoms with Gasteiger partial charge < -0.3 is 9.88 Å². The van der Waals surface area contributed by atoms with Crippen LogP contribution in [0.4, 0.5) is 5.95 Å². The summed E-state index contributed by atoms with van der Waals surface area (Å²) in [5.74, 6) is 1.95. The Morgan fingerprint density at radius 3 is 3.00 bits per heavy atom. The van der Waals surface area contributed by atoms with Crippen molar-refractivity contribution in [3.05, 3.63) is 12.4 Å². The van der Waals surface area contributed by atoms with Crippen molar-refractivity contribution in [3.8, 4) is 0 Å². The van der Waals surface area contributed by atoms with Crippen molar-refractivity contribution < 1.29 is 0 Å². The van der Waals surface area contributed by atoms with Crippen LogP contribution < -0.4 is 5.32 Å². The molecule has 0 radical (unpaired) electrons. The van der Waals surface area contributed by atoms with Crippen LogP contribution in [0.2, 0.25) is 0 Å². The topological polar surface area (TPSA) is 29.9 Å². The summed E-state index contributed by atoms with van der Waals surface area (Å²) in [6, 6.07) is 0.655. The fraction of sp³-hybridized carbons (Fsp3) is 0.750. The molecular weight excluding hydrogens is 186 g/mol. The molecule has 1 fully saturated rings. The third kappa shape index (κ3) is 2.52. The van der Waals surface area contributed by atoms with E-state index >= 15 is 0 Å². The molecule has 2 rings (SSSR count). The molecule has 1 N–H and O–H groups in total. The number of nitrogens with zero attached hydrogens (tertiary/aromatic N) is 2. The zero-order valence-electron chi connectivity index (χ0n) is 9.74. The molecule has 15 heavy (non-hydrogen) atoms. The summed E-state index contributed by atoms with van der Waals surface area (Å²) in [5, 5.41) is 3.52. The minimum atomic E-state index is 0.655. The minimum Gasteiger partial charge on any atom is -0.353 e. The van der Waals surface area contributed by atoms with E-state index in [2.05, 4.69) is 34.9 Å². The number of imidazole rings is 1. The molecule has 1 aliphatic carbocycles. The second-order valence-corrected chi connectivity index (χ2v) is 4.72. The van der Waals surface area contributed by atoms with E-state index in [0.717, 1.165) is 18.4 Å². The first kappa shape index (κ1) is 10.5. The van der Waals surface area contributed by atoms with Gasteiger partial charge in [0, 0.05) is 25.0 Å². The van der Waals surface area contributed by atoms with E-state index in [4.69, 9.17) is 0 Å². The van der Waals surface area contributed by atoms with Crippen molar-refractivity contribution in [1.29, 1.82) is 0 Å². The van der Waals surface area contributed by atoms with Crippen molar-refractivity contribution >= 4 is 5.95 Å². The van der Waals surface area contributed by atoms with Gasteiger partial charge in [0.25, 0.3) is 0 Å². The summed E-state index contributed by atoms with van der Waals surface area (Å²) in [5.41, 5.74) is 0. The highest BCUT2D eigenvalue weighted by Gasteiger charge is 2.25. The van der Waals surface area contributed by atoms with Crippen LogP contribution in [0.1, 0.15) is 39.5 Å². The van der Waals surface area contributed by atoms with Gasteiger partial charge in [-0.3, -0.25) is 0 Å². The average Bonchev–Trinajstić information content (AvgIpc) is 2.60. The largest absolute Gasteiger partial charge is 0.353 e. The Kier molecular flexibility index (Phi) is 3.29. The lowest BCUT2D eigenvalue weighted by Gasteiger charge is -2.33. The van der Waals surface area contributed by atoms with Gasteiger partial charge in [-0.25, -0.2) is 4.98 Å². The number of anilines is 1. The summed E-state index contributed by atoms with van der Waals surface area (Å²) < 4.78 is 2.23. The van der Waals surface area contributed by atoms with Gasteiger partial charge in [-0.1, -0.05) is 20.3 Å². The van der Waals surface area contributed by atoms with Crippen LogP contribution in [0, 0.1) is 5.92 Å². The number of hydrogen-bond donors (Lipinski definition) is 1. The van der Waals surface area contributed by atoms with Crippen LogP contribution in [-0.2, 0) is 6.54 Å². The minimum absolute atomic E-state index is 0.655. The van der Waals surface area contributed by atoms with Gasteiger partial charge >= 0.3 is 0 Å². The van der Waals surface area contributed by atoms with Crippen molar-refractivity contribution in [2.45, 2.75) is 52.1 Å². The Morgan fingerprint density at radius 2 is 2.33 bits per heavy atom. The molecule has 0 aromatic carbocycles. The fourth-order valence-corrected chi connectivity index (χ4v) is 2.16.